The number of nitrogens with one attached hydrogen (secondary N) is 1. The topological polar surface area (TPSA) is 61.8 Å². The molecule has 1 aliphatic heterocycles. The Morgan fingerprint density at radius 3 is 2.48 bits per heavy atom. The Kier molecular flexibility index (Phi) is 7.33. The van der Waals surface area contributed by atoms with Gasteiger partial charge in [-0.05, 0) is 59.8 Å². The van der Waals surface area contributed by atoms with Gasteiger partial charge in [-0.25, -0.2) is 4.79 Å². The van der Waals surface area contributed by atoms with Gasteiger partial charge in [0.05, 0.1) is 5.60 Å². The highest BCUT2D eigenvalue weighted by molar-refractivity contribution is 5.68. The Labute approximate surface area is 141 Å². The van der Waals surface area contributed by atoms with E-state index in [1.807, 2.05) is 39.5 Å². The van der Waals surface area contributed by atoms with Crippen LogP contribution in [0.5, 0.6) is 0 Å². The maximum absolute atomic E-state index is 12.3. The van der Waals surface area contributed by atoms with Gasteiger partial charge in [0.2, 0.25) is 0 Å². The van der Waals surface area contributed by atoms with E-state index in [-0.39, 0.29) is 18.2 Å². The molecular weight excluding hydrogens is 292 g/mol. The molecule has 1 aliphatic rings. The maximum Gasteiger partial charge on any atom is 0.410 e. The smallest absolute Gasteiger partial charge is 0.410 e. The van der Waals surface area contributed by atoms with E-state index in [1.165, 1.54) is 0 Å². The molecule has 1 fully saturated rings. The lowest BCUT2D eigenvalue weighted by molar-refractivity contribution is 0.0188. The van der Waals surface area contributed by atoms with Crippen molar-refractivity contribution in [1.29, 1.82) is 0 Å². The van der Waals surface area contributed by atoms with Crippen LogP contribution in [-0.4, -0.2) is 52.5 Å². The molecule has 5 nitrogen and oxygen atoms in total. The molecule has 2 unspecified atom stereocenters. The molecule has 0 radical (unpaired) electrons. The monoisotopic (exact) mass is 328 g/mol. The molecule has 0 aromatic carbocycles. The first kappa shape index (κ1) is 20.2. The minimum absolute atomic E-state index is 0.203. The van der Waals surface area contributed by atoms with Gasteiger partial charge in [0.1, 0.15) is 5.60 Å². The molecule has 1 heterocycles. The summed E-state index contributed by atoms with van der Waals surface area (Å²) in [5.41, 5.74) is -1.08. The van der Waals surface area contributed by atoms with Crippen LogP contribution in [0.2, 0.25) is 0 Å². The molecule has 23 heavy (non-hydrogen) atoms. The molecule has 0 aromatic rings. The van der Waals surface area contributed by atoms with Crippen LogP contribution in [0.4, 0.5) is 4.79 Å². The second-order valence-corrected chi connectivity index (χ2v) is 7.92. The summed E-state index contributed by atoms with van der Waals surface area (Å²) < 4.78 is 5.51. The molecule has 2 N–H and O–H groups in total. The molecule has 0 saturated carbocycles. The van der Waals surface area contributed by atoms with Crippen molar-refractivity contribution in [3.05, 3.63) is 0 Å². The van der Waals surface area contributed by atoms with Crippen molar-refractivity contribution in [2.45, 2.75) is 96.9 Å². The number of nitrogens with zero attached hydrogens (tertiary/aromatic N) is 1. The van der Waals surface area contributed by atoms with E-state index in [4.69, 9.17) is 4.74 Å². The first-order valence-corrected chi connectivity index (χ1v) is 9.05. The zero-order valence-corrected chi connectivity index (χ0v) is 15.8. The molecule has 0 aliphatic carbocycles. The van der Waals surface area contributed by atoms with Crippen LogP contribution in [0.25, 0.3) is 0 Å². The third-order valence-corrected chi connectivity index (χ3v) is 4.73. The molecule has 1 amide bonds. The van der Waals surface area contributed by atoms with E-state index in [0.717, 1.165) is 38.6 Å². The number of aliphatic hydroxyl groups is 1. The van der Waals surface area contributed by atoms with E-state index in [2.05, 4.69) is 12.2 Å². The van der Waals surface area contributed by atoms with Crippen molar-refractivity contribution in [1.82, 2.24) is 10.2 Å². The number of likely N-dealkylation sites (tertiary alicyclic amines) is 1. The van der Waals surface area contributed by atoms with Gasteiger partial charge in [0.25, 0.3) is 0 Å². The minimum atomic E-state index is -0.630. The van der Waals surface area contributed by atoms with Crippen molar-refractivity contribution >= 4 is 6.09 Å². The summed E-state index contributed by atoms with van der Waals surface area (Å²) in [4.78, 5) is 14.2. The van der Waals surface area contributed by atoms with Crippen LogP contribution < -0.4 is 5.32 Å². The minimum Gasteiger partial charge on any atom is -0.444 e. The number of carbonyl (C=O) groups is 1. The van der Waals surface area contributed by atoms with Gasteiger partial charge in [0, 0.05) is 25.2 Å². The lowest BCUT2D eigenvalue weighted by Crippen LogP contribution is -2.46. The fraction of sp³-hybridized carbons (Fsp3) is 0.944. The van der Waals surface area contributed by atoms with Crippen molar-refractivity contribution in [2.75, 3.05) is 13.1 Å². The van der Waals surface area contributed by atoms with Crippen LogP contribution >= 0.6 is 0 Å². The third kappa shape index (κ3) is 6.68. The van der Waals surface area contributed by atoms with Gasteiger partial charge in [-0.1, -0.05) is 13.8 Å². The van der Waals surface area contributed by atoms with Gasteiger partial charge in [-0.15, -0.1) is 0 Å². The highest BCUT2D eigenvalue weighted by Crippen LogP contribution is 2.24. The largest absolute Gasteiger partial charge is 0.444 e. The molecule has 0 spiro atoms. The highest BCUT2D eigenvalue weighted by Gasteiger charge is 2.33. The molecule has 1 rings (SSSR count). The first-order chi connectivity index (χ1) is 10.6. The number of hydrogen-bond donors (Lipinski definition) is 2. The Morgan fingerprint density at radius 1 is 1.35 bits per heavy atom. The summed E-state index contributed by atoms with van der Waals surface area (Å²) in [5, 5.41) is 13.8. The molecular formula is C18H36N2O3. The predicted octanol–water partition coefficient (Wildman–Crippen LogP) is 3.31. The Bertz CT molecular complexity index is 375. The second kappa shape index (κ2) is 8.34. The molecule has 5 heteroatoms. The fourth-order valence-electron chi connectivity index (χ4n) is 3.00. The quantitative estimate of drug-likeness (QED) is 0.753. The van der Waals surface area contributed by atoms with Gasteiger partial charge in [-0.2, -0.15) is 0 Å². The van der Waals surface area contributed by atoms with E-state index in [1.54, 1.807) is 0 Å². The summed E-state index contributed by atoms with van der Waals surface area (Å²) in [7, 11) is 0. The van der Waals surface area contributed by atoms with Crippen LogP contribution in [0.1, 0.15) is 73.6 Å². The Hall–Kier alpha value is -0.810. The van der Waals surface area contributed by atoms with E-state index >= 15 is 0 Å². The highest BCUT2D eigenvalue weighted by atomic mass is 16.6. The Morgan fingerprint density at radius 2 is 1.96 bits per heavy atom. The predicted molar refractivity (Wildman–Crippen MR) is 93.6 cm³/mol. The van der Waals surface area contributed by atoms with Gasteiger partial charge in [0.15, 0.2) is 0 Å². The first-order valence-electron chi connectivity index (χ1n) is 9.05. The van der Waals surface area contributed by atoms with E-state index in [9.17, 15) is 9.90 Å². The number of amides is 1. The summed E-state index contributed by atoms with van der Waals surface area (Å²) in [5.74, 6) is 0. The molecule has 1 saturated heterocycles. The summed E-state index contributed by atoms with van der Waals surface area (Å²) in [6.45, 7) is 13.2. The average molecular weight is 328 g/mol. The maximum atomic E-state index is 12.3. The van der Waals surface area contributed by atoms with Crippen molar-refractivity contribution in [3.8, 4) is 0 Å². The number of rotatable bonds is 7. The van der Waals surface area contributed by atoms with E-state index < -0.39 is 11.2 Å². The van der Waals surface area contributed by atoms with Crippen molar-refractivity contribution in [3.63, 3.8) is 0 Å². The van der Waals surface area contributed by atoms with Gasteiger partial charge in [-0.3, -0.25) is 0 Å². The number of ether oxygens (including phenoxy) is 1. The van der Waals surface area contributed by atoms with E-state index in [0.29, 0.717) is 6.54 Å². The van der Waals surface area contributed by atoms with Crippen molar-refractivity contribution in [2.24, 2.45) is 0 Å². The van der Waals surface area contributed by atoms with Crippen molar-refractivity contribution < 1.29 is 14.6 Å². The molecule has 0 bridgehead atoms. The summed E-state index contributed by atoms with van der Waals surface area (Å²) in [6, 6.07) is 0.483. The third-order valence-electron chi connectivity index (χ3n) is 4.73. The van der Waals surface area contributed by atoms with Gasteiger partial charge >= 0.3 is 6.09 Å². The van der Waals surface area contributed by atoms with Crippen LogP contribution in [0.15, 0.2) is 0 Å². The SMILES string of the molecule is CCC(O)(CC)CNC(C)CC1CCCN1C(=O)OC(C)(C)C. The lowest BCUT2D eigenvalue weighted by Gasteiger charge is -2.31. The number of carbonyl (C=O) groups excluding carboxylic acids is 1. The summed E-state index contributed by atoms with van der Waals surface area (Å²) >= 11 is 0. The van der Waals surface area contributed by atoms with Crippen LogP contribution in [0, 0.1) is 0 Å². The Balaban J connectivity index is 2.50. The molecule has 0 aromatic heterocycles. The molecule has 2 atom stereocenters. The zero-order chi connectivity index (χ0) is 17.7. The van der Waals surface area contributed by atoms with Crippen LogP contribution in [0.3, 0.4) is 0 Å². The number of hydrogen-bond acceptors (Lipinski definition) is 4. The second-order valence-electron chi connectivity index (χ2n) is 7.92. The lowest BCUT2D eigenvalue weighted by atomic mass is 9.96. The standard InChI is InChI=1S/C18H36N2O3/c1-7-18(22,8-2)13-19-14(3)12-15-10-9-11-20(15)16(21)23-17(4,5)6/h14-15,19,22H,7-13H2,1-6H3. The normalized spacial score (nSPS) is 20.7. The van der Waals surface area contributed by atoms with Gasteiger partial charge < -0.3 is 20.1 Å². The van der Waals surface area contributed by atoms with Crippen LogP contribution in [-0.2, 0) is 4.74 Å². The average Bonchev–Trinajstić information content (AvgIpc) is 2.91. The summed E-state index contributed by atoms with van der Waals surface area (Å²) in [6.07, 6.45) is 4.24. The molecule has 136 valence electrons. The zero-order valence-electron chi connectivity index (χ0n) is 15.8. The fourth-order valence-corrected chi connectivity index (χ4v) is 3.00.